The van der Waals surface area contributed by atoms with Crippen LogP contribution >= 0.6 is 27.3 Å². The van der Waals surface area contributed by atoms with Crippen LogP contribution in [-0.4, -0.2) is 14.2 Å². The van der Waals surface area contributed by atoms with E-state index in [1.807, 2.05) is 24.3 Å². The topological polar surface area (TPSA) is 18.5 Å². The molecule has 0 bridgehead atoms. The van der Waals surface area contributed by atoms with Crippen molar-refractivity contribution in [3.63, 3.8) is 0 Å². The normalized spacial score (nSPS) is 10.9. The first-order valence-electron chi connectivity index (χ1n) is 6.24. The molecule has 0 aliphatic rings. The summed E-state index contributed by atoms with van der Waals surface area (Å²) in [5.41, 5.74) is 0.820. The van der Waals surface area contributed by atoms with Crippen molar-refractivity contribution < 1.29 is 13.9 Å². The van der Waals surface area contributed by atoms with Crippen molar-refractivity contribution in [2.45, 2.75) is 0 Å². The first-order valence-corrected chi connectivity index (χ1v) is 7.85. The standard InChI is InChI=1S/C16H12BrFO2S/c1-19-10-4-5-11-14(8-10)21-16(15(11)17)9-3-6-13(20-2)12(18)7-9/h3-8H,1-2H3. The van der Waals surface area contributed by atoms with Crippen LogP contribution in [0.1, 0.15) is 0 Å². The van der Waals surface area contributed by atoms with Crippen LogP contribution in [0.4, 0.5) is 4.39 Å². The van der Waals surface area contributed by atoms with Gasteiger partial charge in [0.1, 0.15) is 5.75 Å². The molecule has 0 N–H and O–H groups in total. The second kappa shape index (κ2) is 5.66. The minimum Gasteiger partial charge on any atom is -0.497 e. The maximum absolute atomic E-state index is 13.9. The Morgan fingerprint density at radius 2 is 1.86 bits per heavy atom. The molecule has 0 aliphatic carbocycles. The lowest BCUT2D eigenvalue weighted by atomic mass is 10.1. The van der Waals surface area contributed by atoms with Crippen LogP contribution in [0.25, 0.3) is 20.5 Å². The molecule has 0 saturated heterocycles. The van der Waals surface area contributed by atoms with Crippen LogP contribution in [0.5, 0.6) is 11.5 Å². The highest BCUT2D eigenvalue weighted by atomic mass is 79.9. The van der Waals surface area contributed by atoms with Crippen molar-refractivity contribution in [2.24, 2.45) is 0 Å². The smallest absolute Gasteiger partial charge is 0.165 e. The van der Waals surface area contributed by atoms with Gasteiger partial charge in [0.15, 0.2) is 11.6 Å². The molecular weight excluding hydrogens is 355 g/mol. The predicted octanol–water partition coefficient (Wildman–Crippen LogP) is 5.49. The summed E-state index contributed by atoms with van der Waals surface area (Å²) in [6, 6.07) is 10.9. The minimum absolute atomic E-state index is 0.248. The Hall–Kier alpha value is -1.59. The van der Waals surface area contributed by atoms with E-state index in [-0.39, 0.29) is 11.6 Å². The molecule has 0 atom stereocenters. The molecule has 1 aromatic heterocycles. The van der Waals surface area contributed by atoms with E-state index in [1.165, 1.54) is 13.2 Å². The Balaban J connectivity index is 2.16. The van der Waals surface area contributed by atoms with Crippen molar-refractivity contribution in [1.29, 1.82) is 0 Å². The van der Waals surface area contributed by atoms with Crippen molar-refractivity contribution in [1.82, 2.24) is 0 Å². The molecule has 0 spiro atoms. The first kappa shape index (κ1) is 14.4. The monoisotopic (exact) mass is 366 g/mol. The van der Waals surface area contributed by atoms with Crippen molar-refractivity contribution in [2.75, 3.05) is 14.2 Å². The fourth-order valence-electron chi connectivity index (χ4n) is 2.17. The van der Waals surface area contributed by atoms with E-state index in [0.717, 1.165) is 30.7 Å². The lowest BCUT2D eigenvalue weighted by Gasteiger charge is -2.04. The molecule has 5 heteroatoms. The number of hydrogen-bond donors (Lipinski definition) is 0. The van der Waals surface area contributed by atoms with Gasteiger partial charge < -0.3 is 9.47 Å². The largest absolute Gasteiger partial charge is 0.497 e. The van der Waals surface area contributed by atoms with E-state index in [9.17, 15) is 4.39 Å². The van der Waals surface area contributed by atoms with Gasteiger partial charge in [-0.3, -0.25) is 0 Å². The molecule has 0 radical (unpaired) electrons. The second-order valence-corrected chi connectivity index (χ2v) is 6.30. The fraction of sp³-hybridized carbons (Fsp3) is 0.125. The van der Waals surface area contributed by atoms with Gasteiger partial charge in [-0.15, -0.1) is 11.3 Å². The van der Waals surface area contributed by atoms with E-state index in [4.69, 9.17) is 9.47 Å². The van der Waals surface area contributed by atoms with E-state index in [0.29, 0.717) is 0 Å². The van der Waals surface area contributed by atoms with E-state index < -0.39 is 0 Å². The van der Waals surface area contributed by atoms with Crippen molar-refractivity contribution >= 4 is 37.4 Å². The number of methoxy groups -OCH3 is 2. The quantitative estimate of drug-likeness (QED) is 0.610. The molecule has 21 heavy (non-hydrogen) atoms. The third-order valence-electron chi connectivity index (χ3n) is 3.25. The van der Waals surface area contributed by atoms with Crippen LogP contribution < -0.4 is 9.47 Å². The summed E-state index contributed by atoms with van der Waals surface area (Å²) in [5.74, 6) is 0.693. The summed E-state index contributed by atoms with van der Waals surface area (Å²) in [6.07, 6.45) is 0. The molecule has 1 heterocycles. The Morgan fingerprint density at radius 3 is 2.52 bits per heavy atom. The number of thiophene rings is 1. The Kier molecular flexibility index (Phi) is 3.87. The molecule has 2 aromatic carbocycles. The molecule has 0 aliphatic heterocycles. The summed E-state index contributed by atoms with van der Waals surface area (Å²) >= 11 is 5.21. The average Bonchev–Trinajstić information content (AvgIpc) is 2.83. The zero-order valence-electron chi connectivity index (χ0n) is 11.4. The minimum atomic E-state index is -0.364. The van der Waals surface area contributed by atoms with Crippen LogP contribution in [0.3, 0.4) is 0 Å². The number of fused-ring (bicyclic) bond motifs is 1. The molecule has 2 nitrogen and oxygen atoms in total. The van der Waals surface area contributed by atoms with Crippen LogP contribution in [0.15, 0.2) is 40.9 Å². The summed E-state index contributed by atoms with van der Waals surface area (Å²) in [6.45, 7) is 0. The lowest BCUT2D eigenvalue weighted by molar-refractivity contribution is 0.386. The Morgan fingerprint density at radius 1 is 1.05 bits per heavy atom. The van der Waals surface area contributed by atoms with Gasteiger partial charge in [-0.1, -0.05) is 0 Å². The van der Waals surface area contributed by atoms with Gasteiger partial charge in [-0.25, -0.2) is 4.39 Å². The Labute approximate surface area is 134 Å². The fourth-order valence-corrected chi connectivity index (χ4v) is 4.23. The third-order valence-corrected chi connectivity index (χ3v) is 5.54. The van der Waals surface area contributed by atoms with Crippen molar-refractivity contribution in [3.8, 4) is 21.9 Å². The van der Waals surface area contributed by atoms with Gasteiger partial charge in [0.2, 0.25) is 0 Å². The molecule has 0 amide bonds. The number of hydrogen-bond acceptors (Lipinski definition) is 3. The van der Waals surface area contributed by atoms with E-state index >= 15 is 0 Å². The first-order chi connectivity index (χ1) is 10.1. The predicted molar refractivity (Wildman–Crippen MR) is 88.0 cm³/mol. The maximum atomic E-state index is 13.9. The van der Waals surface area contributed by atoms with Crippen LogP contribution in [-0.2, 0) is 0 Å². The highest BCUT2D eigenvalue weighted by molar-refractivity contribution is 9.10. The highest BCUT2D eigenvalue weighted by Gasteiger charge is 2.14. The molecule has 0 unspecified atom stereocenters. The average molecular weight is 367 g/mol. The molecule has 108 valence electrons. The second-order valence-electron chi connectivity index (χ2n) is 4.46. The third kappa shape index (κ3) is 2.51. The van der Waals surface area contributed by atoms with Crippen LogP contribution in [0.2, 0.25) is 0 Å². The van der Waals surface area contributed by atoms with Gasteiger partial charge in [-0.2, -0.15) is 0 Å². The summed E-state index contributed by atoms with van der Waals surface area (Å²) in [5, 5.41) is 1.09. The van der Waals surface area contributed by atoms with E-state index in [2.05, 4.69) is 15.9 Å². The van der Waals surface area contributed by atoms with Gasteiger partial charge in [0, 0.05) is 19.4 Å². The van der Waals surface area contributed by atoms with Crippen molar-refractivity contribution in [3.05, 3.63) is 46.7 Å². The number of benzene rings is 2. The zero-order chi connectivity index (χ0) is 15.0. The highest BCUT2D eigenvalue weighted by Crippen LogP contribution is 2.43. The van der Waals surface area contributed by atoms with Crippen LogP contribution in [0, 0.1) is 5.82 Å². The molecule has 0 fully saturated rings. The number of halogens is 2. The number of ether oxygens (including phenoxy) is 2. The van der Waals surface area contributed by atoms with Gasteiger partial charge in [0.25, 0.3) is 0 Å². The molecule has 3 aromatic rings. The van der Waals surface area contributed by atoms with Gasteiger partial charge in [-0.05, 0) is 57.9 Å². The van der Waals surface area contributed by atoms with Gasteiger partial charge >= 0.3 is 0 Å². The van der Waals surface area contributed by atoms with E-state index in [1.54, 1.807) is 24.5 Å². The maximum Gasteiger partial charge on any atom is 0.165 e. The summed E-state index contributed by atoms with van der Waals surface area (Å²) < 4.78 is 26.1. The summed E-state index contributed by atoms with van der Waals surface area (Å²) in [4.78, 5) is 0.986. The zero-order valence-corrected chi connectivity index (χ0v) is 13.8. The molecule has 3 rings (SSSR count). The molecule has 0 saturated carbocycles. The SMILES string of the molecule is COc1ccc2c(Br)c(-c3ccc(OC)c(F)c3)sc2c1. The lowest BCUT2D eigenvalue weighted by Crippen LogP contribution is -1.87. The summed E-state index contributed by atoms with van der Waals surface area (Å²) in [7, 11) is 3.10. The molecular formula is C16H12BrFO2S. The van der Waals surface area contributed by atoms with Gasteiger partial charge in [0.05, 0.1) is 14.2 Å². The Bertz CT molecular complexity index is 813. The number of rotatable bonds is 3.